The third kappa shape index (κ3) is 3.33. The lowest BCUT2D eigenvalue weighted by Gasteiger charge is -2.31. The molecule has 2 atom stereocenters. The van der Waals surface area contributed by atoms with Crippen molar-refractivity contribution in [1.82, 2.24) is 4.98 Å². The molecule has 3 heterocycles. The Morgan fingerprint density at radius 3 is 2.44 bits per heavy atom. The Balaban J connectivity index is 1.70. The van der Waals surface area contributed by atoms with Crippen LogP contribution in [-0.2, 0) is 10.4 Å². The number of likely N-dealkylation sites (N-methyl/N-ethyl adjacent to an activating group) is 1. The summed E-state index contributed by atoms with van der Waals surface area (Å²) < 4.78 is 19.4. The van der Waals surface area contributed by atoms with Crippen LogP contribution < -0.4 is 14.5 Å². The lowest BCUT2D eigenvalue weighted by atomic mass is 9.88. The Morgan fingerprint density at radius 2 is 1.76 bits per heavy atom. The molecule has 2 amide bonds. The van der Waals surface area contributed by atoms with E-state index in [1.54, 1.807) is 64.2 Å². The molecule has 1 aromatic heterocycles. The van der Waals surface area contributed by atoms with Crippen molar-refractivity contribution in [1.29, 1.82) is 0 Å². The molecule has 2 aromatic carbocycles. The molecular weight excluding hydrogens is 437 g/mol. The van der Waals surface area contributed by atoms with Crippen LogP contribution in [0.25, 0.3) is 0 Å². The average Bonchev–Trinajstić information content (AvgIpc) is 3.09. The fourth-order valence-corrected chi connectivity index (χ4v) is 4.64. The van der Waals surface area contributed by atoms with Crippen molar-refractivity contribution < 1.29 is 23.8 Å². The number of ether oxygens (including phenoxy) is 1. The molecule has 3 aromatic rings. The normalized spacial score (nSPS) is 19.7. The Kier molecular flexibility index (Phi) is 4.95. The highest BCUT2D eigenvalue weighted by molar-refractivity contribution is 6.12. The minimum atomic E-state index is -1.25. The van der Waals surface area contributed by atoms with Gasteiger partial charge in [0.05, 0.1) is 17.2 Å². The fraction of sp³-hybridized carbons (Fsp3) is 0.269. The first-order valence-corrected chi connectivity index (χ1v) is 11.0. The van der Waals surface area contributed by atoms with Gasteiger partial charge >= 0.3 is 0 Å². The minimum absolute atomic E-state index is 0.189. The summed E-state index contributed by atoms with van der Waals surface area (Å²) in [6.07, 6.45) is -0.707. The van der Waals surface area contributed by atoms with Gasteiger partial charge in [-0.25, -0.2) is 4.39 Å². The molecular formula is C26H24FN3O4. The van der Waals surface area contributed by atoms with E-state index in [-0.39, 0.29) is 23.5 Å². The summed E-state index contributed by atoms with van der Waals surface area (Å²) in [7, 11) is 1.65. The number of halogens is 1. The van der Waals surface area contributed by atoms with Gasteiger partial charge < -0.3 is 14.7 Å². The summed E-state index contributed by atoms with van der Waals surface area (Å²) >= 11 is 0. The topological polar surface area (TPSA) is 83.0 Å². The monoisotopic (exact) mass is 461 g/mol. The molecule has 2 aliphatic rings. The molecule has 7 nitrogen and oxygen atoms in total. The number of pyridine rings is 1. The van der Waals surface area contributed by atoms with Gasteiger partial charge in [0.25, 0.3) is 11.8 Å². The molecule has 8 heteroatoms. The first-order chi connectivity index (χ1) is 16.1. The number of fused-ring (bicyclic) bond motifs is 2. The second kappa shape index (κ2) is 7.63. The van der Waals surface area contributed by atoms with E-state index in [1.807, 2.05) is 6.07 Å². The molecule has 1 N–H and O–H groups in total. The van der Waals surface area contributed by atoms with E-state index in [0.717, 1.165) is 0 Å². The minimum Gasteiger partial charge on any atom is -0.463 e. The molecule has 34 heavy (non-hydrogen) atoms. The zero-order chi connectivity index (χ0) is 24.4. The van der Waals surface area contributed by atoms with E-state index in [9.17, 15) is 19.1 Å². The summed E-state index contributed by atoms with van der Waals surface area (Å²) in [6.45, 7) is 4.90. The van der Waals surface area contributed by atoms with Crippen LogP contribution in [0.3, 0.4) is 0 Å². The van der Waals surface area contributed by atoms with E-state index in [0.29, 0.717) is 33.8 Å². The van der Waals surface area contributed by atoms with Gasteiger partial charge in [-0.3, -0.25) is 14.5 Å². The standard InChI is InChI=1S/C26H24FN3O4/c1-14-24(31)29(4)19-12-13-20(28-23(19)34-14)30-22(15-8-10-16(27)11-9-15)17-6-5-7-18(26(2,3)33)21(17)25(30)32/h5-14,22,33H,1-4H3/t14-,22?/m1/s1. The van der Waals surface area contributed by atoms with Crippen molar-refractivity contribution in [2.45, 2.75) is 38.5 Å². The Morgan fingerprint density at radius 1 is 1.06 bits per heavy atom. The predicted octanol–water partition coefficient (Wildman–Crippen LogP) is 3.94. The van der Waals surface area contributed by atoms with Gasteiger partial charge in [-0.15, -0.1) is 0 Å². The number of hydrogen-bond donors (Lipinski definition) is 1. The highest BCUT2D eigenvalue weighted by Crippen LogP contribution is 2.45. The third-order valence-corrected chi connectivity index (χ3v) is 6.33. The first-order valence-electron chi connectivity index (χ1n) is 11.0. The Bertz CT molecular complexity index is 1320. The number of amides is 2. The maximum Gasteiger partial charge on any atom is 0.267 e. The second-order valence-corrected chi connectivity index (χ2v) is 9.11. The molecule has 0 bridgehead atoms. The quantitative estimate of drug-likeness (QED) is 0.639. The molecule has 2 aliphatic heterocycles. The number of hydrogen-bond acceptors (Lipinski definition) is 5. The van der Waals surface area contributed by atoms with Crippen molar-refractivity contribution in [2.24, 2.45) is 0 Å². The van der Waals surface area contributed by atoms with Crippen molar-refractivity contribution in [3.8, 4) is 5.88 Å². The molecule has 0 aliphatic carbocycles. The van der Waals surface area contributed by atoms with Crippen LogP contribution in [0.4, 0.5) is 15.9 Å². The summed E-state index contributed by atoms with van der Waals surface area (Å²) in [5.41, 5.74) is 1.53. The number of benzene rings is 2. The lowest BCUT2D eigenvalue weighted by molar-refractivity contribution is -0.125. The van der Waals surface area contributed by atoms with Crippen LogP contribution in [0.1, 0.15) is 53.9 Å². The summed E-state index contributed by atoms with van der Waals surface area (Å²) in [6, 6.07) is 14.1. The van der Waals surface area contributed by atoms with Gasteiger partial charge in [0.1, 0.15) is 17.3 Å². The molecule has 174 valence electrons. The van der Waals surface area contributed by atoms with Gasteiger partial charge in [-0.2, -0.15) is 4.98 Å². The number of carbonyl (C=O) groups is 2. The Labute approximate surface area is 196 Å². The largest absolute Gasteiger partial charge is 0.463 e. The van der Waals surface area contributed by atoms with Crippen molar-refractivity contribution in [3.63, 3.8) is 0 Å². The molecule has 0 fully saturated rings. The van der Waals surface area contributed by atoms with Crippen LogP contribution >= 0.6 is 0 Å². The van der Waals surface area contributed by atoms with Crippen LogP contribution in [-0.4, -0.2) is 35.1 Å². The number of aliphatic hydroxyl groups is 1. The second-order valence-electron chi connectivity index (χ2n) is 9.11. The lowest BCUT2D eigenvalue weighted by Crippen LogP contribution is -2.42. The maximum atomic E-state index is 13.9. The maximum absolute atomic E-state index is 13.9. The molecule has 1 unspecified atom stereocenters. The van der Waals surface area contributed by atoms with Gasteiger partial charge in [0.2, 0.25) is 5.88 Å². The predicted molar refractivity (Wildman–Crippen MR) is 124 cm³/mol. The Hall–Kier alpha value is -3.78. The number of anilines is 2. The highest BCUT2D eigenvalue weighted by Gasteiger charge is 2.43. The van der Waals surface area contributed by atoms with E-state index in [2.05, 4.69) is 4.98 Å². The number of nitrogens with zero attached hydrogens (tertiary/aromatic N) is 3. The molecule has 0 saturated heterocycles. The summed E-state index contributed by atoms with van der Waals surface area (Å²) in [5.74, 6) is -0.331. The van der Waals surface area contributed by atoms with Gasteiger partial charge in [0.15, 0.2) is 6.10 Å². The smallest absolute Gasteiger partial charge is 0.267 e. The van der Waals surface area contributed by atoms with Crippen molar-refractivity contribution >= 4 is 23.3 Å². The zero-order valence-corrected chi connectivity index (χ0v) is 19.2. The van der Waals surface area contributed by atoms with E-state index in [4.69, 9.17) is 4.74 Å². The van der Waals surface area contributed by atoms with Crippen LogP contribution in [0, 0.1) is 5.82 Å². The zero-order valence-electron chi connectivity index (χ0n) is 19.2. The van der Waals surface area contributed by atoms with E-state index < -0.39 is 17.7 Å². The average molecular weight is 461 g/mol. The van der Waals surface area contributed by atoms with Gasteiger partial charge in [-0.05, 0) is 61.7 Å². The number of aromatic nitrogens is 1. The van der Waals surface area contributed by atoms with Crippen LogP contribution in [0.2, 0.25) is 0 Å². The highest BCUT2D eigenvalue weighted by atomic mass is 19.1. The van der Waals surface area contributed by atoms with Crippen LogP contribution in [0.15, 0.2) is 54.6 Å². The third-order valence-electron chi connectivity index (χ3n) is 6.33. The molecule has 0 saturated carbocycles. The van der Waals surface area contributed by atoms with E-state index >= 15 is 0 Å². The van der Waals surface area contributed by atoms with Crippen molar-refractivity contribution in [3.05, 3.63) is 82.7 Å². The number of rotatable bonds is 3. The van der Waals surface area contributed by atoms with Crippen molar-refractivity contribution in [2.75, 3.05) is 16.8 Å². The summed E-state index contributed by atoms with van der Waals surface area (Å²) in [5, 5.41) is 10.8. The SMILES string of the molecule is C[C@H]1Oc2nc(N3C(=O)c4c(cccc4C(C)(C)O)C3c3ccc(F)cc3)ccc2N(C)C1=O. The van der Waals surface area contributed by atoms with Gasteiger partial charge in [0, 0.05) is 7.05 Å². The van der Waals surface area contributed by atoms with Crippen LogP contribution in [0.5, 0.6) is 5.88 Å². The molecule has 0 radical (unpaired) electrons. The molecule has 0 spiro atoms. The fourth-order valence-electron chi connectivity index (χ4n) is 4.64. The summed E-state index contributed by atoms with van der Waals surface area (Å²) in [4.78, 5) is 33.7. The number of carbonyl (C=O) groups excluding carboxylic acids is 2. The van der Waals surface area contributed by atoms with Gasteiger partial charge in [-0.1, -0.05) is 30.3 Å². The van der Waals surface area contributed by atoms with E-state index in [1.165, 1.54) is 21.9 Å². The molecule has 5 rings (SSSR count). The first kappa shape index (κ1) is 22.0.